The summed E-state index contributed by atoms with van der Waals surface area (Å²) in [6.45, 7) is 4.59. The van der Waals surface area contributed by atoms with E-state index in [1.165, 1.54) is 0 Å². The van der Waals surface area contributed by atoms with Crippen molar-refractivity contribution >= 4 is 11.3 Å². The van der Waals surface area contributed by atoms with Crippen molar-refractivity contribution in [1.29, 1.82) is 0 Å². The molecular formula is C15H18N2O2S. The predicted octanol–water partition coefficient (Wildman–Crippen LogP) is 3.24. The molecule has 0 fully saturated rings. The Morgan fingerprint density at radius 3 is 2.85 bits per heavy atom. The first kappa shape index (κ1) is 13.4. The molecular weight excluding hydrogens is 272 g/mol. The minimum atomic E-state index is -0.0735. The van der Waals surface area contributed by atoms with E-state index in [-0.39, 0.29) is 12.8 Å². The van der Waals surface area contributed by atoms with Gasteiger partial charge in [-0.25, -0.2) is 4.98 Å². The highest BCUT2D eigenvalue weighted by Gasteiger charge is 2.17. The van der Waals surface area contributed by atoms with Crippen LogP contribution in [0.2, 0.25) is 0 Å². The van der Waals surface area contributed by atoms with Gasteiger partial charge in [-0.3, -0.25) is 0 Å². The molecule has 4 nitrogen and oxygen atoms in total. The molecule has 0 spiro atoms. The van der Waals surface area contributed by atoms with E-state index in [0.29, 0.717) is 5.92 Å². The minimum Gasteiger partial charge on any atom is -0.454 e. The fraction of sp³-hybridized carbons (Fsp3) is 0.400. The predicted molar refractivity (Wildman–Crippen MR) is 79.4 cm³/mol. The molecule has 1 atom stereocenters. The molecule has 5 heteroatoms. The fourth-order valence-corrected chi connectivity index (χ4v) is 3.15. The second-order valence-corrected chi connectivity index (χ2v) is 6.19. The van der Waals surface area contributed by atoms with Crippen LogP contribution in [0.25, 0.3) is 0 Å². The van der Waals surface area contributed by atoms with Gasteiger partial charge in [0.25, 0.3) is 0 Å². The summed E-state index contributed by atoms with van der Waals surface area (Å²) in [5.74, 6) is 2.03. The van der Waals surface area contributed by atoms with Gasteiger partial charge >= 0.3 is 0 Å². The van der Waals surface area contributed by atoms with Gasteiger partial charge < -0.3 is 15.2 Å². The summed E-state index contributed by atoms with van der Waals surface area (Å²) in [4.78, 5) is 4.63. The summed E-state index contributed by atoms with van der Waals surface area (Å²) >= 11 is 1.68. The van der Waals surface area contributed by atoms with Crippen LogP contribution in [0, 0.1) is 0 Å². The third kappa shape index (κ3) is 2.64. The lowest BCUT2D eigenvalue weighted by molar-refractivity contribution is 0.174. The minimum absolute atomic E-state index is 0.0735. The topological polar surface area (TPSA) is 57.4 Å². The lowest BCUT2D eigenvalue weighted by atomic mass is 10.0. The van der Waals surface area contributed by atoms with Crippen LogP contribution >= 0.6 is 11.3 Å². The highest BCUT2D eigenvalue weighted by atomic mass is 32.1. The number of rotatable bonds is 4. The first-order valence-electron chi connectivity index (χ1n) is 6.73. The molecule has 1 aliphatic heterocycles. The van der Waals surface area contributed by atoms with Crippen molar-refractivity contribution < 1.29 is 9.47 Å². The zero-order valence-electron chi connectivity index (χ0n) is 11.6. The fourth-order valence-electron chi connectivity index (χ4n) is 2.13. The highest BCUT2D eigenvalue weighted by molar-refractivity contribution is 7.09. The van der Waals surface area contributed by atoms with E-state index < -0.39 is 0 Å². The molecule has 2 aromatic rings. The lowest BCUT2D eigenvalue weighted by Crippen LogP contribution is -2.13. The van der Waals surface area contributed by atoms with Gasteiger partial charge in [-0.1, -0.05) is 19.9 Å². The number of nitrogens with two attached hydrogens (primary N) is 1. The Morgan fingerprint density at radius 2 is 2.10 bits per heavy atom. The molecule has 0 saturated carbocycles. The normalized spacial score (nSPS) is 14.8. The van der Waals surface area contributed by atoms with Crippen molar-refractivity contribution in [3.8, 4) is 11.5 Å². The van der Waals surface area contributed by atoms with Gasteiger partial charge in [0.05, 0.1) is 10.7 Å². The van der Waals surface area contributed by atoms with Gasteiger partial charge in [-0.15, -0.1) is 11.3 Å². The number of thiazole rings is 1. The van der Waals surface area contributed by atoms with E-state index in [4.69, 9.17) is 15.2 Å². The van der Waals surface area contributed by atoms with Crippen LogP contribution in [-0.4, -0.2) is 11.8 Å². The Morgan fingerprint density at radius 1 is 1.30 bits per heavy atom. The smallest absolute Gasteiger partial charge is 0.231 e. The zero-order chi connectivity index (χ0) is 14.1. The van der Waals surface area contributed by atoms with E-state index >= 15 is 0 Å². The van der Waals surface area contributed by atoms with Gasteiger partial charge in [-0.05, 0) is 23.6 Å². The Bertz CT molecular complexity index is 610. The Balaban J connectivity index is 1.73. The van der Waals surface area contributed by atoms with Crippen LogP contribution < -0.4 is 15.2 Å². The largest absolute Gasteiger partial charge is 0.454 e. The van der Waals surface area contributed by atoms with E-state index in [1.54, 1.807) is 11.3 Å². The number of hydrogen-bond acceptors (Lipinski definition) is 5. The molecule has 0 bridgehead atoms. The Labute approximate surface area is 122 Å². The molecule has 1 aromatic heterocycles. The summed E-state index contributed by atoms with van der Waals surface area (Å²) in [7, 11) is 0. The maximum absolute atomic E-state index is 6.28. The zero-order valence-corrected chi connectivity index (χ0v) is 12.4. The van der Waals surface area contributed by atoms with E-state index in [2.05, 4.69) is 24.2 Å². The molecule has 1 aromatic carbocycles. The highest BCUT2D eigenvalue weighted by Crippen LogP contribution is 2.34. The molecule has 0 amide bonds. The molecule has 2 heterocycles. The molecule has 1 unspecified atom stereocenters. The standard InChI is InChI=1S/C15H18N2O2S/c1-9(2)12-7-20-15(17-12)6-11(16)10-3-4-13-14(5-10)19-8-18-13/h3-5,7,9,11H,6,8,16H2,1-2H3. The quantitative estimate of drug-likeness (QED) is 0.939. The van der Waals surface area contributed by atoms with Crippen LogP contribution in [-0.2, 0) is 6.42 Å². The van der Waals surface area contributed by atoms with Gasteiger partial charge in [0.15, 0.2) is 11.5 Å². The SMILES string of the molecule is CC(C)c1csc(CC(N)c2ccc3c(c2)OCO3)n1. The average Bonchev–Trinajstić information content (AvgIpc) is 3.05. The third-order valence-electron chi connectivity index (χ3n) is 3.38. The van der Waals surface area contributed by atoms with Crippen LogP contribution in [0.4, 0.5) is 0 Å². The number of benzene rings is 1. The molecule has 3 rings (SSSR count). The first-order valence-corrected chi connectivity index (χ1v) is 7.61. The van der Waals surface area contributed by atoms with Crippen LogP contribution in [0.5, 0.6) is 11.5 Å². The number of fused-ring (bicyclic) bond motifs is 1. The summed E-state index contributed by atoms with van der Waals surface area (Å²) in [5.41, 5.74) is 8.47. The van der Waals surface area contributed by atoms with Crippen molar-refractivity contribution in [1.82, 2.24) is 4.98 Å². The first-order chi connectivity index (χ1) is 9.63. The number of ether oxygens (including phenoxy) is 2. The number of nitrogens with zero attached hydrogens (tertiary/aromatic N) is 1. The van der Waals surface area contributed by atoms with Crippen LogP contribution in [0.1, 0.15) is 42.1 Å². The van der Waals surface area contributed by atoms with Gasteiger partial charge in [-0.2, -0.15) is 0 Å². The second kappa shape index (κ2) is 5.42. The second-order valence-electron chi connectivity index (χ2n) is 5.24. The van der Waals surface area contributed by atoms with Crippen LogP contribution in [0.3, 0.4) is 0 Å². The van der Waals surface area contributed by atoms with Crippen molar-refractivity contribution in [2.45, 2.75) is 32.2 Å². The Hall–Kier alpha value is -1.59. The summed E-state index contributed by atoms with van der Waals surface area (Å²) < 4.78 is 10.7. The van der Waals surface area contributed by atoms with E-state index in [1.807, 2.05) is 18.2 Å². The molecule has 20 heavy (non-hydrogen) atoms. The summed E-state index contributed by atoms with van der Waals surface area (Å²) in [6.07, 6.45) is 0.747. The van der Waals surface area contributed by atoms with Gasteiger partial charge in [0.2, 0.25) is 6.79 Å². The molecule has 0 aliphatic carbocycles. The van der Waals surface area contributed by atoms with E-state index in [0.717, 1.165) is 34.2 Å². The van der Waals surface area contributed by atoms with Gasteiger partial charge in [0, 0.05) is 17.8 Å². The maximum atomic E-state index is 6.28. The summed E-state index contributed by atoms with van der Waals surface area (Å²) in [5, 5.41) is 3.20. The maximum Gasteiger partial charge on any atom is 0.231 e. The number of aromatic nitrogens is 1. The molecule has 106 valence electrons. The molecule has 0 radical (unpaired) electrons. The van der Waals surface area contributed by atoms with Crippen molar-refractivity contribution in [3.63, 3.8) is 0 Å². The van der Waals surface area contributed by atoms with E-state index in [9.17, 15) is 0 Å². The van der Waals surface area contributed by atoms with Crippen LogP contribution in [0.15, 0.2) is 23.6 Å². The molecule has 0 saturated heterocycles. The lowest BCUT2D eigenvalue weighted by Gasteiger charge is -2.11. The van der Waals surface area contributed by atoms with Crippen molar-refractivity contribution in [3.05, 3.63) is 39.8 Å². The molecule has 2 N–H and O–H groups in total. The Kier molecular flexibility index (Phi) is 3.63. The monoisotopic (exact) mass is 290 g/mol. The number of hydrogen-bond donors (Lipinski definition) is 1. The molecule has 1 aliphatic rings. The van der Waals surface area contributed by atoms with Gasteiger partial charge in [0.1, 0.15) is 0 Å². The third-order valence-corrected chi connectivity index (χ3v) is 4.27. The average molecular weight is 290 g/mol. The summed E-state index contributed by atoms with van der Waals surface area (Å²) in [6, 6.07) is 5.80. The van der Waals surface area contributed by atoms with Crippen molar-refractivity contribution in [2.75, 3.05) is 6.79 Å². The van der Waals surface area contributed by atoms with Crippen molar-refractivity contribution in [2.24, 2.45) is 5.73 Å².